The van der Waals surface area contributed by atoms with Gasteiger partial charge in [0.15, 0.2) is 0 Å². The molecule has 2 rings (SSSR count). The van der Waals surface area contributed by atoms with Gasteiger partial charge in [-0.2, -0.15) is 0 Å². The van der Waals surface area contributed by atoms with E-state index in [4.69, 9.17) is 0 Å². The molecule has 0 spiro atoms. The molecule has 1 atom stereocenters. The summed E-state index contributed by atoms with van der Waals surface area (Å²) >= 11 is 7.14. The summed E-state index contributed by atoms with van der Waals surface area (Å²) in [5.41, 5.74) is 2.01. The zero-order chi connectivity index (χ0) is 9.47. The lowest BCUT2D eigenvalue weighted by molar-refractivity contribution is 0.112. The average Bonchev–Trinajstić information content (AvgIpc) is 2.76. The Bertz CT molecular complexity index is 329. The van der Waals surface area contributed by atoms with Gasteiger partial charge in [0.25, 0.3) is 0 Å². The van der Waals surface area contributed by atoms with Crippen LogP contribution < -0.4 is 0 Å². The zero-order valence-corrected chi connectivity index (χ0v) is 10.0. The van der Waals surface area contributed by atoms with Gasteiger partial charge in [-0.15, -0.1) is 0 Å². The number of benzene rings is 1. The molecule has 0 saturated heterocycles. The van der Waals surface area contributed by atoms with Gasteiger partial charge in [-0.25, -0.2) is 0 Å². The van der Waals surface area contributed by atoms with Crippen molar-refractivity contribution in [3.63, 3.8) is 0 Å². The third-order valence-electron chi connectivity index (χ3n) is 2.30. The molecular weight excluding hydrogens is 296 g/mol. The van der Waals surface area contributed by atoms with Crippen molar-refractivity contribution in [1.29, 1.82) is 0 Å². The lowest BCUT2D eigenvalue weighted by Gasteiger charge is -2.00. The van der Waals surface area contributed by atoms with Gasteiger partial charge >= 0.3 is 0 Å². The van der Waals surface area contributed by atoms with E-state index in [9.17, 15) is 4.79 Å². The Hall–Kier alpha value is -0.150. The zero-order valence-electron chi connectivity index (χ0n) is 6.84. The van der Waals surface area contributed by atoms with Gasteiger partial charge in [-0.3, -0.25) is 4.79 Å². The number of hydrogen-bond acceptors (Lipinski definition) is 1. The number of halogens is 2. The lowest BCUT2D eigenvalue weighted by Crippen LogP contribution is -1.88. The first kappa shape index (κ1) is 9.41. The van der Waals surface area contributed by atoms with Crippen molar-refractivity contribution in [3.05, 3.63) is 35.4 Å². The third-order valence-corrected chi connectivity index (χ3v) is 4.05. The monoisotopic (exact) mass is 302 g/mol. The molecule has 1 unspecified atom stereocenters. The molecule has 0 radical (unpaired) electrons. The molecular formula is C10H8Br2O. The highest BCUT2D eigenvalue weighted by Crippen LogP contribution is 2.62. The highest BCUT2D eigenvalue weighted by molar-refractivity contribution is 9.25. The van der Waals surface area contributed by atoms with E-state index in [1.165, 1.54) is 5.56 Å². The number of rotatable bonds is 2. The van der Waals surface area contributed by atoms with E-state index >= 15 is 0 Å². The largest absolute Gasteiger partial charge is 0.298 e. The molecule has 1 aliphatic rings. The highest BCUT2D eigenvalue weighted by Gasteiger charge is 2.50. The van der Waals surface area contributed by atoms with Crippen LogP contribution in [0.25, 0.3) is 0 Å². The predicted octanol–water partition coefficient (Wildman–Crippen LogP) is 3.47. The Balaban J connectivity index is 2.20. The van der Waals surface area contributed by atoms with Crippen LogP contribution in [0.1, 0.15) is 28.3 Å². The predicted molar refractivity (Wildman–Crippen MR) is 59.8 cm³/mol. The maximum atomic E-state index is 10.4. The molecule has 0 N–H and O–H groups in total. The summed E-state index contributed by atoms with van der Waals surface area (Å²) in [5.74, 6) is 0.535. The molecule has 1 aromatic rings. The van der Waals surface area contributed by atoms with Crippen molar-refractivity contribution in [3.8, 4) is 0 Å². The number of alkyl halides is 2. The molecule has 0 aromatic heterocycles. The summed E-state index contributed by atoms with van der Waals surface area (Å²) < 4.78 is 0.0999. The fourth-order valence-corrected chi connectivity index (χ4v) is 2.56. The minimum atomic E-state index is 0.0999. The maximum Gasteiger partial charge on any atom is 0.150 e. The number of carbonyl (C=O) groups is 1. The normalized spacial score (nSPS) is 24.0. The van der Waals surface area contributed by atoms with Crippen LogP contribution in [0.2, 0.25) is 0 Å². The fraction of sp³-hybridized carbons (Fsp3) is 0.300. The van der Waals surface area contributed by atoms with Crippen molar-refractivity contribution in [1.82, 2.24) is 0 Å². The van der Waals surface area contributed by atoms with Crippen LogP contribution in [0.15, 0.2) is 24.3 Å². The second kappa shape index (κ2) is 3.21. The Morgan fingerprint density at radius 3 is 2.23 bits per heavy atom. The summed E-state index contributed by atoms with van der Waals surface area (Å²) in [6.07, 6.45) is 1.97. The van der Waals surface area contributed by atoms with E-state index in [0.29, 0.717) is 5.92 Å². The van der Waals surface area contributed by atoms with Gasteiger partial charge in [0, 0.05) is 11.5 Å². The lowest BCUT2D eigenvalue weighted by atomic mass is 10.1. The molecule has 1 aliphatic carbocycles. The molecule has 3 heteroatoms. The summed E-state index contributed by atoms with van der Waals surface area (Å²) in [7, 11) is 0. The van der Waals surface area contributed by atoms with Gasteiger partial charge in [0.1, 0.15) is 6.29 Å². The van der Waals surface area contributed by atoms with E-state index < -0.39 is 0 Å². The van der Waals surface area contributed by atoms with Crippen LogP contribution in [0.4, 0.5) is 0 Å². The summed E-state index contributed by atoms with van der Waals surface area (Å²) in [5, 5.41) is 0. The maximum absolute atomic E-state index is 10.4. The molecule has 13 heavy (non-hydrogen) atoms. The van der Waals surface area contributed by atoms with Crippen molar-refractivity contribution in [2.45, 2.75) is 15.6 Å². The summed E-state index contributed by atoms with van der Waals surface area (Å²) in [4.78, 5) is 10.4. The average molecular weight is 304 g/mol. The Morgan fingerprint density at radius 2 is 1.85 bits per heavy atom. The molecule has 68 valence electrons. The van der Waals surface area contributed by atoms with Crippen molar-refractivity contribution in [2.24, 2.45) is 0 Å². The van der Waals surface area contributed by atoms with Crippen molar-refractivity contribution >= 4 is 38.1 Å². The molecule has 0 bridgehead atoms. The second-order valence-corrected chi connectivity index (χ2v) is 7.20. The van der Waals surface area contributed by atoms with Gasteiger partial charge in [-0.05, 0) is 12.0 Å². The number of hydrogen-bond donors (Lipinski definition) is 0. The highest BCUT2D eigenvalue weighted by atomic mass is 79.9. The summed E-state index contributed by atoms with van der Waals surface area (Å²) in [6.45, 7) is 0. The Morgan fingerprint density at radius 1 is 1.31 bits per heavy atom. The minimum absolute atomic E-state index is 0.0999. The molecule has 0 heterocycles. The first-order valence-electron chi connectivity index (χ1n) is 4.06. The molecule has 1 aromatic carbocycles. The van der Waals surface area contributed by atoms with Crippen molar-refractivity contribution in [2.75, 3.05) is 0 Å². The van der Waals surface area contributed by atoms with Crippen LogP contribution in [0.5, 0.6) is 0 Å². The van der Waals surface area contributed by atoms with E-state index in [1.807, 2.05) is 24.3 Å². The summed E-state index contributed by atoms with van der Waals surface area (Å²) in [6, 6.07) is 7.74. The van der Waals surface area contributed by atoms with E-state index in [-0.39, 0.29) is 3.23 Å². The molecule has 1 saturated carbocycles. The van der Waals surface area contributed by atoms with E-state index in [0.717, 1.165) is 18.3 Å². The van der Waals surface area contributed by atoms with E-state index in [1.54, 1.807) is 0 Å². The van der Waals surface area contributed by atoms with Crippen LogP contribution in [0, 0.1) is 0 Å². The third kappa shape index (κ3) is 1.86. The van der Waals surface area contributed by atoms with Gasteiger partial charge in [-0.1, -0.05) is 56.1 Å². The van der Waals surface area contributed by atoms with Crippen molar-refractivity contribution < 1.29 is 4.79 Å². The van der Waals surface area contributed by atoms with Crippen LogP contribution in [-0.4, -0.2) is 9.52 Å². The first-order valence-corrected chi connectivity index (χ1v) is 5.65. The van der Waals surface area contributed by atoms with E-state index in [2.05, 4.69) is 31.9 Å². The van der Waals surface area contributed by atoms with Crippen LogP contribution in [-0.2, 0) is 0 Å². The van der Waals surface area contributed by atoms with Crippen LogP contribution in [0.3, 0.4) is 0 Å². The fourth-order valence-electron chi connectivity index (χ4n) is 1.38. The molecule has 0 aliphatic heterocycles. The Labute approximate surface area is 93.8 Å². The second-order valence-electron chi connectivity index (χ2n) is 3.30. The Kier molecular flexibility index (Phi) is 2.32. The molecule has 0 amide bonds. The first-order chi connectivity index (χ1) is 6.13. The number of carbonyl (C=O) groups excluding carboxylic acids is 1. The quantitative estimate of drug-likeness (QED) is 0.604. The van der Waals surface area contributed by atoms with Gasteiger partial charge < -0.3 is 0 Å². The molecule has 1 fully saturated rings. The smallest absolute Gasteiger partial charge is 0.150 e. The van der Waals surface area contributed by atoms with Gasteiger partial charge in [0.2, 0.25) is 0 Å². The van der Waals surface area contributed by atoms with Crippen LogP contribution >= 0.6 is 31.9 Å². The SMILES string of the molecule is O=Cc1ccc(C2CC2(Br)Br)cc1. The molecule has 1 nitrogen and oxygen atoms in total. The van der Waals surface area contributed by atoms with Gasteiger partial charge in [0.05, 0.1) is 3.23 Å². The minimum Gasteiger partial charge on any atom is -0.298 e. The number of aldehydes is 1. The topological polar surface area (TPSA) is 17.1 Å². The standard InChI is InChI=1S/C10H8Br2O/c11-10(12)5-9(10)8-3-1-7(6-13)2-4-8/h1-4,6,9H,5H2.